The lowest BCUT2D eigenvalue weighted by atomic mass is 9.98. The molecule has 1 aromatic carbocycles. The van der Waals surface area contributed by atoms with Crippen LogP contribution in [0.15, 0.2) is 30.6 Å². The molecule has 0 saturated heterocycles. The molecule has 3 aromatic rings. The first-order valence-corrected chi connectivity index (χ1v) is 10.1. The molecule has 31 heavy (non-hydrogen) atoms. The molecule has 0 saturated carbocycles. The molecule has 0 unspecified atom stereocenters. The Morgan fingerprint density at radius 3 is 2.68 bits per heavy atom. The number of amides is 1. The Bertz CT molecular complexity index is 1170. The van der Waals surface area contributed by atoms with Gasteiger partial charge in [0.2, 0.25) is 5.88 Å². The summed E-state index contributed by atoms with van der Waals surface area (Å²) < 4.78 is 26.4. The number of nitrogens with zero attached hydrogens (tertiary/aromatic N) is 3. The highest BCUT2D eigenvalue weighted by Crippen LogP contribution is 2.40. The number of hydrogen-bond acceptors (Lipinski definition) is 6. The van der Waals surface area contributed by atoms with Crippen molar-refractivity contribution in [1.82, 2.24) is 9.97 Å². The van der Waals surface area contributed by atoms with Crippen LogP contribution in [0.1, 0.15) is 32.8 Å². The van der Waals surface area contributed by atoms with E-state index in [4.69, 9.17) is 15.2 Å². The van der Waals surface area contributed by atoms with Crippen molar-refractivity contribution in [3.63, 3.8) is 0 Å². The van der Waals surface area contributed by atoms with Gasteiger partial charge in [-0.05, 0) is 63.3 Å². The van der Waals surface area contributed by atoms with Gasteiger partial charge >= 0.3 is 6.09 Å². The number of benzene rings is 1. The standard InChI is InChI=1S/C23H25FN4O3/c1-13-17(16-8-14-10-19(25)26-11-15(14)9-18(16)24)12-27-21-20(13)28(6-5-7-30-21)22(29)31-23(2,3)4/h8-12H,5-7H2,1-4H3,(H2,25,26). The highest BCUT2D eigenvalue weighted by Gasteiger charge is 2.30. The zero-order valence-corrected chi connectivity index (χ0v) is 18.0. The number of anilines is 2. The zero-order valence-electron chi connectivity index (χ0n) is 18.0. The third-order valence-corrected chi connectivity index (χ3v) is 5.04. The van der Waals surface area contributed by atoms with Gasteiger partial charge in [0, 0.05) is 35.5 Å². The van der Waals surface area contributed by atoms with Gasteiger partial charge in [0.1, 0.15) is 22.9 Å². The van der Waals surface area contributed by atoms with E-state index in [2.05, 4.69) is 9.97 Å². The molecule has 1 aliphatic heterocycles. The number of pyridine rings is 2. The number of hydrogen-bond donors (Lipinski definition) is 1. The minimum absolute atomic E-state index is 0.333. The summed E-state index contributed by atoms with van der Waals surface area (Å²) in [4.78, 5) is 22.9. The smallest absolute Gasteiger partial charge is 0.414 e. The lowest BCUT2D eigenvalue weighted by Crippen LogP contribution is -2.37. The Hall–Kier alpha value is -3.42. The van der Waals surface area contributed by atoms with Crippen molar-refractivity contribution in [1.29, 1.82) is 0 Å². The molecule has 1 aliphatic rings. The molecule has 0 spiro atoms. The van der Waals surface area contributed by atoms with Crippen LogP contribution in [0.3, 0.4) is 0 Å². The molecular weight excluding hydrogens is 399 g/mol. The minimum atomic E-state index is -0.651. The fraction of sp³-hybridized carbons (Fsp3) is 0.348. The monoisotopic (exact) mass is 424 g/mol. The minimum Gasteiger partial charge on any atom is -0.476 e. The molecule has 0 bridgehead atoms. The van der Waals surface area contributed by atoms with Crippen LogP contribution in [0.4, 0.5) is 20.7 Å². The van der Waals surface area contributed by atoms with Gasteiger partial charge in [0.15, 0.2) is 0 Å². The van der Waals surface area contributed by atoms with E-state index in [9.17, 15) is 4.79 Å². The Labute approximate surface area is 180 Å². The summed E-state index contributed by atoms with van der Waals surface area (Å²) in [6.07, 6.45) is 3.25. The number of aromatic nitrogens is 2. The molecular formula is C23H25FN4O3. The van der Waals surface area contributed by atoms with Crippen LogP contribution in [-0.2, 0) is 4.74 Å². The molecule has 0 atom stereocenters. The highest BCUT2D eigenvalue weighted by atomic mass is 19.1. The van der Waals surface area contributed by atoms with E-state index in [1.165, 1.54) is 17.2 Å². The van der Waals surface area contributed by atoms with Gasteiger partial charge in [-0.15, -0.1) is 0 Å². The van der Waals surface area contributed by atoms with Crippen molar-refractivity contribution >= 4 is 28.4 Å². The largest absolute Gasteiger partial charge is 0.476 e. The number of ether oxygens (including phenoxy) is 2. The third-order valence-electron chi connectivity index (χ3n) is 5.04. The lowest BCUT2D eigenvalue weighted by molar-refractivity contribution is 0.0580. The highest BCUT2D eigenvalue weighted by molar-refractivity contribution is 5.94. The Kier molecular flexibility index (Phi) is 5.16. The maximum Gasteiger partial charge on any atom is 0.414 e. The van der Waals surface area contributed by atoms with Crippen molar-refractivity contribution in [3.8, 4) is 17.0 Å². The van der Waals surface area contributed by atoms with Crippen LogP contribution in [0, 0.1) is 12.7 Å². The van der Waals surface area contributed by atoms with E-state index in [1.807, 2.05) is 27.7 Å². The molecule has 8 heteroatoms. The van der Waals surface area contributed by atoms with Crippen LogP contribution < -0.4 is 15.4 Å². The first kappa shape index (κ1) is 20.8. The summed E-state index contributed by atoms with van der Waals surface area (Å²) >= 11 is 0. The molecule has 0 aliphatic carbocycles. The number of carbonyl (C=O) groups excluding carboxylic acids is 1. The second-order valence-electron chi connectivity index (χ2n) is 8.57. The van der Waals surface area contributed by atoms with Gasteiger partial charge in [0.25, 0.3) is 0 Å². The summed E-state index contributed by atoms with van der Waals surface area (Å²) in [5.74, 6) is 0.271. The second-order valence-corrected chi connectivity index (χ2v) is 8.57. The number of fused-ring (bicyclic) bond motifs is 2. The van der Waals surface area contributed by atoms with E-state index in [0.29, 0.717) is 59.0 Å². The topological polar surface area (TPSA) is 90.6 Å². The van der Waals surface area contributed by atoms with Gasteiger partial charge < -0.3 is 15.2 Å². The predicted molar refractivity (Wildman–Crippen MR) is 118 cm³/mol. The van der Waals surface area contributed by atoms with Crippen LogP contribution in [0.5, 0.6) is 5.88 Å². The number of carbonyl (C=O) groups is 1. The Morgan fingerprint density at radius 1 is 1.16 bits per heavy atom. The maximum absolute atomic E-state index is 15.1. The molecule has 7 nitrogen and oxygen atoms in total. The van der Waals surface area contributed by atoms with Gasteiger partial charge in [-0.2, -0.15) is 0 Å². The van der Waals surface area contributed by atoms with Crippen molar-refractivity contribution in [3.05, 3.63) is 42.0 Å². The second kappa shape index (κ2) is 7.68. The lowest BCUT2D eigenvalue weighted by Gasteiger charge is -2.28. The summed E-state index contributed by atoms with van der Waals surface area (Å²) in [6, 6.07) is 4.83. The van der Waals surface area contributed by atoms with Crippen molar-refractivity contribution in [2.24, 2.45) is 0 Å². The molecule has 2 aromatic heterocycles. The van der Waals surface area contributed by atoms with Crippen LogP contribution in [-0.4, -0.2) is 34.8 Å². The molecule has 3 heterocycles. The summed E-state index contributed by atoms with van der Waals surface area (Å²) in [5.41, 5.74) is 7.25. The van der Waals surface area contributed by atoms with E-state index in [-0.39, 0.29) is 0 Å². The van der Waals surface area contributed by atoms with E-state index in [1.54, 1.807) is 18.3 Å². The van der Waals surface area contributed by atoms with Crippen LogP contribution in [0.25, 0.3) is 21.9 Å². The molecule has 1 amide bonds. The van der Waals surface area contributed by atoms with Crippen molar-refractivity contribution in [2.75, 3.05) is 23.8 Å². The fourth-order valence-corrected chi connectivity index (χ4v) is 3.66. The fourth-order valence-electron chi connectivity index (χ4n) is 3.66. The van der Waals surface area contributed by atoms with Gasteiger partial charge in [-0.3, -0.25) is 4.90 Å². The first-order chi connectivity index (χ1) is 14.6. The van der Waals surface area contributed by atoms with Crippen molar-refractivity contribution < 1.29 is 18.7 Å². The average molecular weight is 424 g/mol. The summed E-state index contributed by atoms with van der Waals surface area (Å²) in [6.45, 7) is 8.10. The molecule has 4 rings (SSSR count). The third kappa shape index (κ3) is 4.10. The first-order valence-electron chi connectivity index (χ1n) is 10.1. The van der Waals surface area contributed by atoms with Gasteiger partial charge in [-0.25, -0.2) is 19.2 Å². The normalized spacial score (nSPS) is 14.0. The van der Waals surface area contributed by atoms with E-state index < -0.39 is 17.5 Å². The number of halogens is 1. The molecule has 162 valence electrons. The predicted octanol–water partition coefficient (Wildman–Crippen LogP) is 4.85. The number of rotatable bonds is 1. The van der Waals surface area contributed by atoms with Crippen LogP contribution >= 0.6 is 0 Å². The molecule has 2 N–H and O–H groups in total. The van der Waals surface area contributed by atoms with Gasteiger partial charge in [0.05, 0.1) is 6.61 Å². The van der Waals surface area contributed by atoms with E-state index >= 15 is 4.39 Å². The molecule has 0 radical (unpaired) electrons. The van der Waals surface area contributed by atoms with E-state index in [0.717, 1.165) is 5.39 Å². The summed E-state index contributed by atoms with van der Waals surface area (Å²) in [7, 11) is 0. The quantitative estimate of drug-likeness (QED) is 0.600. The van der Waals surface area contributed by atoms with Crippen LogP contribution in [0.2, 0.25) is 0 Å². The maximum atomic E-state index is 15.1. The Balaban J connectivity index is 1.86. The average Bonchev–Trinajstić information content (AvgIpc) is 2.90. The number of nitrogen functional groups attached to an aromatic ring is 1. The van der Waals surface area contributed by atoms with Gasteiger partial charge in [-0.1, -0.05) is 0 Å². The summed E-state index contributed by atoms with van der Waals surface area (Å²) in [5, 5.41) is 1.41. The molecule has 0 fully saturated rings. The van der Waals surface area contributed by atoms with Crippen molar-refractivity contribution in [2.45, 2.75) is 39.7 Å². The zero-order chi connectivity index (χ0) is 22.3. The Morgan fingerprint density at radius 2 is 1.94 bits per heavy atom. The SMILES string of the molecule is Cc1c(-c2cc3cc(N)ncc3cc2F)cnc2c1N(C(=O)OC(C)(C)C)CCCO2. The number of nitrogens with two attached hydrogens (primary N) is 1.